The van der Waals surface area contributed by atoms with Crippen molar-refractivity contribution >= 4 is 22.8 Å². The van der Waals surface area contributed by atoms with Gasteiger partial charge >= 0.3 is 5.97 Å². The van der Waals surface area contributed by atoms with E-state index in [0.29, 0.717) is 11.4 Å². The fourth-order valence-electron chi connectivity index (χ4n) is 3.56. The van der Waals surface area contributed by atoms with Crippen LogP contribution >= 0.6 is 0 Å². The van der Waals surface area contributed by atoms with Gasteiger partial charge in [0.05, 0.1) is 31.3 Å². The Bertz CT molecular complexity index is 1140. The van der Waals surface area contributed by atoms with Gasteiger partial charge in [0.15, 0.2) is 11.3 Å². The van der Waals surface area contributed by atoms with Crippen molar-refractivity contribution < 1.29 is 18.7 Å². The monoisotopic (exact) mass is 399 g/mol. The lowest BCUT2D eigenvalue weighted by Gasteiger charge is -2.16. The molecule has 0 saturated carbocycles. The Balaban J connectivity index is 2.46. The van der Waals surface area contributed by atoms with Gasteiger partial charge in [-0.2, -0.15) is 10.4 Å². The van der Waals surface area contributed by atoms with Crippen molar-refractivity contribution in [1.82, 2.24) is 14.3 Å². The van der Waals surface area contributed by atoms with Gasteiger partial charge in [-0.25, -0.2) is 9.18 Å². The first kappa shape index (κ1) is 20.2. The first-order chi connectivity index (χ1) is 13.9. The van der Waals surface area contributed by atoms with Crippen molar-refractivity contribution in [1.29, 1.82) is 5.26 Å². The average molecular weight is 399 g/mol. The highest BCUT2D eigenvalue weighted by Gasteiger charge is 2.30. The number of nitrogens with two attached hydrogens (primary N) is 1. The first-order valence-electron chi connectivity index (χ1n) is 9.09. The second kappa shape index (κ2) is 7.83. The minimum absolute atomic E-state index is 0.0136. The summed E-state index contributed by atoms with van der Waals surface area (Å²) in [7, 11) is 1.56. The van der Waals surface area contributed by atoms with Gasteiger partial charge in [-0.3, -0.25) is 9.25 Å². The summed E-state index contributed by atoms with van der Waals surface area (Å²) < 4.78 is 26.5. The minimum atomic E-state index is -0.731. The van der Waals surface area contributed by atoms with Crippen LogP contribution in [-0.2, 0) is 11.3 Å². The number of methoxy groups -OCH3 is 1. The number of nitrogen functional groups attached to an aromatic ring is 1. The molecule has 0 unspecified atom stereocenters. The molecule has 0 aliphatic heterocycles. The van der Waals surface area contributed by atoms with Crippen molar-refractivity contribution in [2.75, 3.05) is 26.1 Å². The van der Waals surface area contributed by atoms with Gasteiger partial charge in [-0.05, 0) is 32.4 Å². The second-order valence-corrected chi connectivity index (χ2v) is 6.45. The fraction of sp³-hybridized carbons (Fsp3) is 0.350. The van der Waals surface area contributed by atoms with Crippen LogP contribution in [0, 0.1) is 25.2 Å². The molecular weight excluding hydrogens is 377 g/mol. The Labute approximate surface area is 167 Å². The number of aryl methyl sites for hydroxylation is 2. The number of hydrogen-bond acceptors (Lipinski definition) is 6. The largest absolute Gasteiger partial charge is 0.496 e. The molecule has 0 amide bonds. The van der Waals surface area contributed by atoms with Crippen LogP contribution < -0.4 is 10.5 Å². The second-order valence-electron chi connectivity index (χ2n) is 6.45. The van der Waals surface area contributed by atoms with Gasteiger partial charge in [-0.1, -0.05) is 6.07 Å². The van der Waals surface area contributed by atoms with Crippen LogP contribution in [0.3, 0.4) is 0 Å². The molecule has 0 saturated heterocycles. The Kier molecular flexibility index (Phi) is 5.46. The van der Waals surface area contributed by atoms with Gasteiger partial charge in [-0.15, -0.1) is 0 Å². The summed E-state index contributed by atoms with van der Waals surface area (Å²) in [6.07, 6.45) is 0. The summed E-state index contributed by atoms with van der Waals surface area (Å²) in [6.45, 7) is 4.67. The highest BCUT2D eigenvalue weighted by Crippen LogP contribution is 2.37. The summed E-state index contributed by atoms with van der Waals surface area (Å²) in [5, 5.41) is 14.4. The molecule has 2 N–H and O–H groups in total. The molecule has 0 aliphatic carbocycles. The summed E-state index contributed by atoms with van der Waals surface area (Å²) in [4.78, 5) is 12.6. The number of carbonyl (C=O) groups excluding carboxylic acids is 1. The van der Waals surface area contributed by atoms with E-state index in [1.807, 2.05) is 26.0 Å². The summed E-state index contributed by atoms with van der Waals surface area (Å²) >= 11 is 0. The zero-order chi connectivity index (χ0) is 21.3. The zero-order valence-electron chi connectivity index (χ0n) is 16.7. The maximum Gasteiger partial charge on any atom is 0.357 e. The number of aromatic nitrogens is 3. The van der Waals surface area contributed by atoms with E-state index in [4.69, 9.17) is 15.2 Å². The first-order valence-corrected chi connectivity index (χ1v) is 9.09. The van der Waals surface area contributed by atoms with Crippen molar-refractivity contribution in [2.45, 2.75) is 27.3 Å². The normalized spacial score (nSPS) is 10.9. The lowest BCUT2D eigenvalue weighted by Crippen LogP contribution is -2.15. The van der Waals surface area contributed by atoms with E-state index >= 15 is 0 Å². The molecule has 0 atom stereocenters. The lowest BCUT2D eigenvalue weighted by molar-refractivity contribution is 0.0513. The summed E-state index contributed by atoms with van der Waals surface area (Å²) in [5.74, 6) is 0.0951. The molecule has 2 aromatic heterocycles. The Morgan fingerprint density at radius 1 is 1.38 bits per heavy atom. The lowest BCUT2D eigenvalue weighted by atomic mass is 10.1. The number of nitriles is 1. The van der Waals surface area contributed by atoms with E-state index in [2.05, 4.69) is 11.2 Å². The molecule has 3 rings (SSSR count). The van der Waals surface area contributed by atoms with Gasteiger partial charge in [0.2, 0.25) is 0 Å². The third kappa shape index (κ3) is 3.06. The number of esters is 1. The van der Waals surface area contributed by atoms with E-state index in [1.165, 1.54) is 4.68 Å². The summed E-state index contributed by atoms with van der Waals surface area (Å²) in [6, 6.07) is 5.76. The van der Waals surface area contributed by atoms with Crippen molar-refractivity contribution in [3.8, 4) is 17.5 Å². The van der Waals surface area contributed by atoms with Crippen LogP contribution in [0.4, 0.5) is 10.2 Å². The smallest absolute Gasteiger partial charge is 0.357 e. The molecule has 152 valence electrons. The topological polar surface area (TPSA) is 108 Å². The maximum atomic E-state index is 13.1. The highest BCUT2D eigenvalue weighted by molar-refractivity contribution is 6.07. The number of halogens is 1. The number of anilines is 1. The maximum absolute atomic E-state index is 13.1. The van der Waals surface area contributed by atoms with Gasteiger partial charge in [0.1, 0.15) is 29.9 Å². The predicted molar refractivity (Wildman–Crippen MR) is 106 cm³/mol. The predicted octanol–water partition coefficient (Wildman–Crippen LogP) is 3.05. The molecule has 8 nitrogen and oxygen atoms in total. The molecule has 0 radical (unpaired) electrons. The molecular formula is C20H22FN5O3. The van der Waals surface area contributed by atoms with Gasteiger partial charge in [0.25, 0.3) is 0 Å². The zero-order valence-corrected chi connectivity index (χ0v) is 16.7. The SMILES string of the molecule is CCOC(=O)c1c2c(C#N)c(N)n(-c3c(C)ccc(OC)c3C)c2nn1CCF. The van der Waals surface area contributed by atoms with Gasteiger partial charge in [0, 0.05) is 5.56 Å². The third-order valence-corrected chi connectivity index (χ3v) is 4.80. The van der Waals surface area contributed by atoms with E-state index in [-0.39, 0.29) is 41.3 Å². The van der Waals surface area contributed by atoms with Crippen LogP contribution in [0.2, 0.25) is 0 Å². The molecule has 1 aromatic carbocycles. The van der Waals surface area contributed by atoms with E-state index in [0.717, 1.165) is 11.1 Å². The van der Waals surface area contributed by atoms with Crippen LogP contribution in [0.5, 0.6) is 5.75 Å². The van der Waals surface area contributed by atoms with E-state index in [1.54, 1.807) is 18.6 Å². The third-order valence-electron chi connectivity index (χ3n) is 4.80. The number of carbonyl (C=O) groups is 1. The Morgan fingerprint density at radius 3 is 2.69 bits per heavy atom. The van der Waals surface area contributed by atoms with Crippen LogP contribution in [0.15, 0.2) is 12.1 Å². The molecule has 9 heteroatoms. The van der Waals surface area contributed by atoms with E-state index in [9.17, 15) is 14.4 Å². The quantitative estimate of drug-likeness (QED) is 0.638. The highest BCUT2D eigenvalue weighted by atomic mass is 19.1. The van der Waals surface area contributed by atoms with Crippen molar-refractivity contribution in [3.05, 3.63) is 34.5 Å². The van der Waals surface area contributed by atoms with Gasteiger partial charge < -0.3 is 15.2 Å². The molecule has 29 heavy (non-hydrogen) atoms. The van der Waals surface area contributed by atoms with Crippen LogP contribution in [-0.4, -0.2) is 40.7 Å². The van der Waals surface area contributed by atoms with Crippen LogP contribution in [0.1, 0.15) is 34.1 Å². The summed E-state index contributed by atoms with van der Waals surface area (Å²) in [5.41, 5.74) is 9.06. The standard InChI is InChI=1S/C20H22FN5O3/c1-5-29-20(27)17-15-13(10-22)18(23)26(19(15)24-25(17)9-8-21)16-11(2)6-7-14(28-4)12(16)3/h6-7H,5,8-9,23H2,1-4H3. The number of alkyl halides is 1. The Hall–Kier alpha value is -3.54. The number of ether oxygens (including phenoxy) is 2. The number of hydrogen-bond donors (Lipinski definition) is 1. The molecule has 0 spiro atoms. The fourth-order valence-corrected chi connectivity index (χ4v) is 3.56. The van der Waals surface area contributed by atoms with E-state index < -0.39 is 12.6 Å². The Morgan fingerprint density at radius 2 is 2.10 bits per heavy atom. The number of benzene rings is 1. The van der Waals surface area contributed by atoms with Crippen molar-refractivity contribution in [2.24, 2.45) is 0 Å². The average Bonchev–Trinajstić information content (AvgIpc) is 3.16. The number of fused-ring (bicyclic) bond motifs is 1. The minimum Gasteiger partial charge on any atom is -0.496 e. The van der Waals surface area contributed by atoms with Crippen molar-refractivity contribution in [3.63, 3.8) is 0 Å². The molecule has 0 fully saturated rings. The molecule has 3 aromatic rings. The molecule has 0 bridgehead atoms. The van der Waals surface area contributed by atoms with Crippen LogP contribution in [0.25, 0.3) is 16.7 Å². The number of nitrogens with zero attached hydrogens (tertiary/aromatic N) is 4. The molecule has 2 heterocycles. The number of rotatable bonds is 6. The molecule has 0 aliphatic rings.